The molecule has 1 aromatic rings. The Morgan fingerprint density at radius 2 is 2.08 bits per heavy atom. The van der Waals surface area contributed by atoms with Crippen LogP contribution in [0.15, 0.2) is 43.5 Å². The lowest BCUT2D eigenvalue weighted by Gasteiger charge is -2.04. The van der Waals surface area contributed by atoms with Gasteiger partial charge in [0.05, 0.1) is 0 Å². The lowest BCUT2D eigenvalue weighted by atomic mass is 10.1. The molecule has 0 aliphatic rings. The van der Waals surface area contributed by atoms with Crippen molar-refractivity contribution in [1.82, 2.24) is 0 Å². The molecular weight excluding hydrogens is 168 g/mol. The zero-order chi connectivity index (χ0) is 8.97. The number of halogens is 1. The third-order valence-electron chi connectivity index (χ3n) is 1.65. The lowest BCUT2D eigenvalue weighted by molar-refractivity contribution is 1.41. The Morgan fingerprint density at radius 3 is 2.67 bits per heavy atom. The molecule has 62 valence electrons. The largest absolute Gasteiger partial charge is 0.103 e. The van der Waals surface area contributed by atoms with Crippen LogP contribution in [-0.2, 0) is 0 Å². The average molecular weight is 179 g/mol. The minimum absolute atomic E-state index is 0.754. The molecule has 12 heavy (non-hydrogen) atoms. The second kappa shape index (κ2) is 4.13. The molecule has 0 atom stereocenters. The van der Waals surface area contributed by atoms with E-state index in [1.807, 2.05) is 30.3 Å². The predicted molar refractivity (Wildman–Crippen MR) is 55.3 cm³/mol. The van der Waals surface area contributed by atoms with Crippen molar-refractivity contribution < 1.29 is 0 Å². The van der Waals surface area contributed by atoms with Gasteiger partial charge in [-0.1, -0.05) is 42.5 Å². The van der Waals surface area contributed by atoms with Gasteiger partial charge in [0.2, 0.25) is 0 Å². The van der Waals surface area contributed by atoms with Gasteiger partial charge in [0, 0.05) is 5.02 Å². The van der Waals surface area contributed by atoms with Crippen LogP contribution in [0, 0.1) is 0 Å². The molecule has 0 aromatic heterocycles. The first-order chi connectivity index (χ1) is 5.75. The van der Waals surface area contributed by atoms with E-state index in [0.717, 1.165) is 22.6 Å². The highest BCUT2D eigenvalue weighted by Crippen LogP contribution is 2.24. The fourth-order valence-electron chi connectivity index (χ4n) is 1.03. The number of benzene rings is 1. The molecule has 0 amide bonds. The van der Waals surface area contributed by atoms with Gasteiger partial charge in [0.25, 0.3) is 0 Å². The SMILES string of the molecule is C=CCC(=C)c1ccccc1Cl. The van der Waals surface area contributed by atoms with Crippen molar-refractivity contribution in [2.75, 3.05) is 0 Å². The van der Waals surface area contributed by atoms with Crippen molar-refractivity contribution in [2.24, 2.45) is 0 Å². The van der Waals surface area contributed by atoms with Gasteiger partial charge in [0.1, 0.15) is 0 Å². The van der Waals surface area contributed by atoms with E-state index in [1.54, 1.807) is 0 Å². The normalized spacial score (nSPS) is 9.42. The molecule has 0 spiro atoms. The van der Waals surface area contributed by atoms with Gasteiger partial charge in [-0.2, -0.15) is 0 Å². The zero-order valence-corrected chi connectivity index (χ0v) is 7.64. The molecule has 0 bridgehead atoms. The molecule has 0 nitrogen and oxygen atoms in total. The Bertz CT molecular complexity index is 300. The van der Waals surface area contributed by atoms with Crippen LogP contribution in [0.2, 0.25) is 5.02 Å². The molecular formula is C11H11Cl. The number of hydrogen-bond acceptors (Lipinski definition) is 0. The first-order valence-corrected chi connectivity index (χ1v) is 4.17. The quantitative estimate of drug-likeness (QED) is 0.616. The van der Waals surface area contributed by atoms with Crippen LogP contribution in [0.4, 0.5) is 0 Å². The van der Waals surface area contributed by atoms with E-state index < -0.39 is 0 Å². The van der Waals surface area contributed by atoms with Crippen LogP contribution < -0.4 is 0 Å². The number of rotatable bonds is 3. The van der Waals surface area contributed by atoms with E-state index in [1.165, 1.54) is 0 Å². The Morgan fingerprint density at radius 1 is 1.42 bits per heavy atom. The van der Waals surface area contributed by atoms with Crippen LogP contribution in [0.5, 0.6) is 0 Å². The summed E-state index contributed by atoms with van der Waals surface area (Å²) in [4.78, 5) is 0. The topological polar surface area (TPSA) is 0 Å². The van der Waals surface area contributed by atoms with Crippen molar-refractivity contribution in [3.8, 4) is 0 Å². The maximum Gasteiger partial charge on any atom is 0.0481 e. The third-order valence-corrected chi connectivity index (χ3v) is 1.98. The predicted octanol–water partition coefficient (Wildman–Crippen LogP) is 3.93. The second-order valence-corrected chi connectivity index (χ2v) is 2.98. The highest BCUT2D eigenvalue weighted by molar-refractivity contribution is 6.32. The summed E-state index contributed by atoms with van der Waals surface area (Å²) in [7, 11) is 0. The number of hydrogen-bond donors (Lipinski definition) is 0. The Labute approximate surface area is 78.2 Å². The Hall–Kier alpha value is -1.01. The van der Waals surface area contributed by atoms with E-state index in [2.05, 4.69) is 13.2 Å². The summed E-state index contributed by atoms with van der Waals surface area (Å²) in [5.41, 5.74) is 2.02. The molecule has 0 saturated heterocycles. The van der Waals surface area contributed by atoms with Crippen molar-refractivity contribution in [2.45, 2.75) is 6.42 Å². The minimum atomic E-state index is 0.754. The monoisotopic (exact) mass is 178 g/mol. The third kappa shape index (κ3) is 1.99. The molecule has 1 rings (SSSR count). The molecule has 0 heterocycles. The van der Waals surface area contributed by atoms with Gasteiger partial charge in [-0.3, -0.25) is 0 Å². The molecule has 0 N–H and O–H groups in total. The highest BCUT2D eigenvalue weighted by Gasteiger charge is 2.00. The summed E-state index contributed by atoms with van der Waals surface area (Å²) < 4.78 is 0. The first kappa shape index (κ1) is 9.08. The van der Waals surface area contributed by atoms with Gasteiger partial charge >= 0.3 is 0 Å². The van der Waals surface area contributed by atoms with E-state index >= 15 is 0 Å². The molecule has 0 saturated carbocycles. The maximum absolute atomic E-state index is 5.96. The minimum Gasteiger partial charge on any atom is -0.103 e. The van der Waals surface area contributed by atoms with Gasteiger partial charge in [-0.25, -0.2) is 0 Å². The standard InChI is InChI=1S/C11H11Cl/c1-3-6-9(2)10-7-4-5-8-11(10)12/h3-5,7-8H,1-2,6H2. The Balaban J connectivity index is 2.94. The summed E-state index contributed by atoms with van der Waals surface area (Å²) >= 11 is 5.96. The molecule has 0 radical (unpaired) electrons. The molecule has 0 fully saturated rings. The van der Waals surface area contributed by atoms with Crippen LogP contribution >= 0.6 is 11.6 Å². The van der Waals surface area contributed by atoms with Crippen molar-refractivity contribution >= 4 is 17.2 Å². The lowest BCUT2D eigenvalue weighted by Crippen LogP contribution is -1.81. The summed E-state index contributed by atoms with van der Waals surface area (Å²) in [5.74, 6) is 0. The van der Waals surface area contributed by atoms with Gasteiger partial charge in [0.15, 0.2) is 0 Å². The Kier molecular flexibility index (Phi) is 3.12. The molecule has 1 heteroatoms. The summed E-state index contributed by atoms with van der Waals surface area (Å²) in [6.07, 6.45) is 2.61. The zero-order valence-electron chi connectivity index (χ0n) is 6.89. The van der Waals surface area contributed by atoms with E-state index in [0.29, 0.717) is 0 Å². The first-order valence-electron chi connectivity index (χ1n) is 3.79. The van der Waals surface area contributed by atoms with E-state index in [9.17, 15) is 0 Å². The van der Waals surface area contributed by atoms with Crippen LogP contribution in [0.1, 0.15) is 12.0 Å². The summed E-state index contributed by atoms with van der Waals surface area (Å²) in [6, 6.07) is 7.70. The molecule has 0 aliphatic carbocycles. The molecule has 0 unspecified atom stereocenters. The average Bonchev–Trinajstić information content (AvgIpc) is 2.05. The summed E-state index contributed by atoms with van der Waals surface area (Å²) in [6.45, 7) is 7.57. The van der Waals surface area contributed by atoms with Crippen LogP contribution in [-0.4, -0.2) is 0 Å². The second-order valence-electron chi connectivity index (χ2n) is 2.58. The fraction of sp³-hybridized carbons (Fsp3) is 0.0909. The molecule has 1 aromatic carbocycles. The van der Waals surface area contributed by atoms with E-state index in [4.69, 9.17) is 11.6 Å². The van der Waals surface area contributed by atoms with Gasteiger partial charge in [-0.15, -0.1) is 6.58 Å². The van der Waals surface area contributed by atoms with Crippen molar-refractivity contribution in [1.29, 1.82) is 0 Å². The van der Waals surface area contributed by atoms with Gasteiger partial charge in [-0.05, 0) is 23.6 Å². The smallest absolute Gasteiger partial charge is 0.0481 e. The van der Waals surface area contributed by atoms with E-state index in [-0.39, 0.29) is 0 Å². The maximum atomic E-state index is 5.96. The fourth-order valence-corrected chi connectivity index (χ4v) is 1.30. The number of allylic oxidation sites excluding steroid dienone is 2. The summed E-state index contributed by atoms with van der Waals surface area (Å²) in [5, 5.41) is 0.754. The molecule has 0 aliphatic heterocycles. The van der Waals surface area contributed by atoms with Crippen molar-refractivity contribution in [3.63, 3.8) is 0 Å². The highest BCUT2D eigenvalue weighted by atomic mass is 35.5. The van der Waals surface area contributed by atoms with Crippen LogP contribution in [0.3, 0.4) is 0 Å². The van der Waals surface area contributed by atoms with Crippen molar-refractivity contribution in [3.05, 3.63) is 54.1 Å². The van der Waals surface area contributed by atoms with Crippen LogP contribution in [0.25, 0.3) is 5.57 Å². The van der Waals surface area contributed by atoms with Gasteiger partial charge < -0.3 is 0 Å².